The Morgan fingerprint density at radius 1 is 1.54 bits per heavy atom. The number of hydrogen-bond donors (Lipinski definition) is 0. The quantitative estimate of drug-likeness (QED) is 0.699. The summed E-state index contributed by atoms with van der Waals surface area (Å²) in [6.07, 6.45) is -0.578. The van der Waals surface area contributed by atoms with E-state index in [0.29, 0.717) is 11.3 Å². The molecule has 0 amide bonds. The van der Waals surface area contributed by atoms with Crippen LogP contribution >= 0.6 is 0 Å². The van der Waals surface area contributed by atoms with Crippen LogP contribution in [0.5, 0.6) is 5.75 Å². The Balaban J connectivity index is 3.16. The standard InChI is InChI=1S/C11H15FO/c1-8(2)7-9-10(12)5-4-6-11(9)13-3/h4-6,8H,7H2,1-3H3/i7D. The minimum atomic E-state index is -0.578. The summed E-state index contributed by atoms with van der Waals surface area (Å²) in [6.45, 7) is 3.78. The lowest BCUT2D eigenvalue weighted by molar-refractivity contribution is 0.400. The second-order valence-electron chi connectivity index (χ2n) is 3.27. The van der Waals surface area contributed by atoms with E-state index in [-0.39, 0.29) is 11.7 Å². The maximum Gasteiger partial charge on any atom is 0.130 e. The summed E-state index contributed by atoms with van der Waals surface area (Å²) in [7, 11) is 1.49. The van der Waals surface area contributed by atoms with Gasteiger partial charge in [-0.2, -0.15) is 0 Å². The van der Waals surface area contributed by atoms with Crippen molar-refractivity contribution in [1.29, 1.82) is 0 Å². The van der Waals surface area contributed by atoms with Gasteiger partial charge in [0.1, 0.15) is 11.6 Å². The molecule has 1 unspecified atom stereocenters. The maximum absolute atomic E-state index is 13.4. The second kappa shape index (κ2) is 4.26. The third-order valence-corrected chi connectivity index (χ3v) is 1.73. The first kappa shape index (κ1) is 8.54. The Hall–Kier alpha value is -1.05. The molecule has 2 heteroatoms. The monoisotopic (exact) mass is 183 g/mol. The maximum atomic E-state index is 13.4. The smallest absolute Gasteiger partial charge is 0.130 e. The average molecular weight is 183 g/mol. The number of hydrogen-bond acceptors (Lipinski definition) is 1. The van der Waals surface area contributed by atoms with Crippen LogP contribution in [0.15, 0.2) is 18.2 Å². The predicted octanol–water partition coefficient (Wildman–Crippen LogP) is 3.03. The third kappa shape index (κ3) is 2.44. The molecule has 1 aromatic rings. The van der Waals surface area contributed by atoms with Crippen LogP contribution in [0.1, 0.15) is 20.8 Å². The van der Waals surface area contributed by atoms with Gasteiger partial charge in [0.15, 0.2) is 0 Å². The highest BCUT2D eigenvalue weighted by Gasteiger charge is 2.09. The average Bonchev–Trinajstić information content (AvgIpc) is 2.16. The Labute approximate surface area is 79.9 Å². The van der Waals surface area contributed by atoms with E-state index in [1.54, 1.807) is 12.1 Å². The highest BCUT2D eigenvalue weighted by molar-refractivity contribution is 5.34. The molecule has 1 atom stereocenters. The van der Waals surface area contributed by atoms with Gasteiger partial charge >= 0.3 is 0 Å². The van der Waals surface area contributed by atoms with Gasteiger partial charge in [-0.3, -0.25) is 0 Å². The van der Waals surface area contributed by atoms with Gasteiger partial charge in [-0.15, -0.1) is 0 Å². The molecule has 1 aromatic carbocycles. The van der Waals surface area contributed by atoms with Crippen molar-refractivity contribution in [2.24, 2.45) is 5.92 Å². The van der Waals surface area contributed by atoms with Crippen molar-refractivity contribution in [2.45, 2.75) is 20.2 Å². The Morgan fingerprint density at radius 2 is 2.23 bits per heavy atom. The molecule has 0 radical (unpaired) electrons. The number of benzene rings is 1. The lowest BCUT2D eigenvalue weighted by Crippen LogP contribution is -2.00. The minimum absolute atomic E-state index is 0.0702. The first-order valence-corrected chi connectivity index (χ1v) is 4.32. The zero-order chi connectivity index (χ0) is 10.7. The van der Waals surface area contributed by atoms with Crippen LogP contribution in [0.4, 0.5) is 4.39 Å². The van der Waals surface area contributed by atoms with Crippen LogP contribution in [0.25, 0.3) is 0 Å². The molecule has 0 fully saturated rings. The molecular formula is C11H15FO. The van der Waals surface area contributed by atoms with Gasteiger partial charge in [0.25, 0.3) is 0 Å². The normalized spacial score (nSPS) is 14.1. The summed E-state index contributed by atoms with van der Waals surface area (Å²) < 4.78 is 26.3. The van der Waals surface area contributed by atoms with Gasteiger partial charge in [-0.05, 0) is 24.4 Å². The number of methoxy groups -OCH3 is 1. The van der Waals surface area contributed by atoms with E-state index in [9.17, 15) is 4.39 Å². The van der Waals surface area contributed by atoms with Crippen molar-refractivity contribution < 1.29 is 10.5 Å². The van der Waals surface area contributed by atoms with Gasteiger partial charge in [-0.1, -0.05) is 19.9 Å². The second-order valence-corrected chi connectivity index (χ2v) is 3.27. The van der Waals surface area contributed by atoms with E-state index in [1.165, 1.54) is 13.2 Å². The summed E-state index contributed by atoms with van der Waals surface area (Å²) in [5.74, 6) is 0.164. The fourth-order valence-corrected chi connectivity index (χ4v) is 1.19. The molecule has 0 saturated heterocycles. The van der Waals surface area contributed by atoms with Crippen LogP contribution < -0.4 is 4.74 Å². The Bertz CT molecular complexity index is 312. The minimum Gasteiger partial charge on any atom is -0.496 e. The summed E-state index contributed by atoms with van der Waals surface area (Å²) >= 11 is 0. The number of rotatable bonds is 3. The van der Waals surface area contributed by atoms with E-state index in [2.05, 4.69) is 0 Å². The van der Waals surface area contributed by atoms with Crippen molar-refractivity contribution in [3.05, 3.63) is 29.6 Å². The van der Waals surface area contributed by atoms with Gasteiger partial charge < -0.3 is 4.74 Å². The topological polar surface area (TPSA) is 9.23 Å². The molecule has 1 rings (SSSR count). The van der Waals surface area contributed by atoms with Gasteiger partial charge in [0, 0.05) is 6.93 Å². The van der Waals surface area contributed by atoms with E-state index >= 15 is 0 Å². The lowest BCUT2D eigenvalue weighted by Gasteiger charge is -2.10. The van der Waals surface area contributed by atoms with E-state index < -0.39 is 6.40 Å². The molecule has 0 N–H and O–H groups in total. The van der Waals surface area contributed by atoms with Crippen molar-refractivity contribution in [1.82, 2.24) is 0 Å². The third-order valence-electron chi connectivity index (χ3n) is 1.73. The molecule has 0 saturated carbocycles. The first-order valence-electron chi connectivity index (χ1n) is 4.90. The molecule has 72 valence electrons. The van der Waals surface area contributed by atoms with E-state index in [4.69, 9.17) is 6.11 Å². The first-order chi connectivity index (χ1) is 6.57. The number of ether oxygens (including phenoxy) is 1. The molecule has 0 spiro atoms. The van der Waals surface area contributed by atoms with Gasteiger partial charge in [0.2, 0.25) is 0 Å². The molecule has 0 bridgehead atoms. The zero-order valence-electron chi connectivity index (χ0n) is 9.17. The Morgan fingerprint density at radius 3 is 2.77 bits per heavy atom. The lowest BCUT2D eigenvalue weighted by atomic mass is 10.0. The van der Waals surface area contributed by atoms with Crippen molar-refractivity contribution >= 4 is 0 Å². The Kier molecular flexibility index (Phi) is 2.80. The van der Waals surface area contributed by atoms with Crippen LogP contribution in [0.2, 0.25) is 0 Å². The van der Waals surface area contributed by atoms with Crippen LogP contribution in [0, 0.1) is 11.7 Å². The molecular weight excluding hydrogens is 167 g/mol. The van der Waals surface area contributed by atoms with Crippen molar-refractivity contribution in [2.75, 3.05) is 7.11 Å². The summed E-state index contributed by atoms with van der Waals surface area (Å²) in [5.41, 5.74) is 0.352. The fraction of sp³-hybridized carbons (Fsp3) is 0.455. The zero-order valence-corrected chi connectivity index (χ0v) is 8.17. The van der Waals surface area contributed by atoms with Crippen molar-refractivity contribution in [3.63, 3.8) is 0 Å². The molecule has 13 heavy (non-hydrogen) atoms. The van der Waals surface area contributed by atoms with E-state index in [0.717, 1.165) is 0 Å². The fourth-order valence-electron chi connectivity index (χ4n) is 1.19. The van der Waals surface area contributed by atoms with E-state index in [1.807, 2.05) is 13.8 Å². The van der Waals surface area contributed by atoms with Crippen LogP contribution in [0.3, 0.4) is 0 Å². The SMILES string of the molecule is [2H]C(c1c(F)cccc1OC)C(C)C. The summed E-state index contributed by atoms with van der Waals surface area (Å²) in [5, 5.41) is 0. The highest BCUT2D eigenvalue weighted by Crippen LogP contribution is 2.23. The molecule has 0 aliphatic rings. The largest absolute Gasteiger partial charge is 0.496 e. The molecule has 0 aliphatic heterocycles. The molecule has 0 aliphatic carbocycles. The molecule has 1 nitrogen and oxygen atoms in total. The predicted molar refractivity (Wildman–Crippen MR) is 51.5 cm³/mol. The molecule has 0 heterocycles. The summed E-state index contributed by atoms with van der Waals surface area (Å²) in [4.78, 5) is 0. The van der Waals surface area contributed by atoms with Crippen LogP contribution in [-0.4, -0.2) is 7.11 Å². The van der Waals surface area contributed by atoms with Gasteiger partial charge in [-0.25, -0.2) is 4.39 Å². The number of halogens is 1. The van der Waals surface area contributed by atoms with Gasteiger partial charge in [0.05, 0.1) is 7.11 Å². The highest BCUT2D eigenvalue weighted by atomic mass is 19.1. The van der Waals surface area contributed by atoms with Crippen molar-refractivity contribution in [3.8, 4) is 5.75 Å². The van der Waals surface area contributed by atoms with Crippen LogP contribution in [-0.2, 0) is 6.40 Å². The summed E-state index contributed by atoms with van der Waals surface area (Å²) in [6, 6.07) is 4.63. The molecule has 0 aromatic heterocycles.